The number of benzene rings is 1. The zero-order chi connectivity index (χ0) is 12.3. The molecule has 4 heteroatoms. The molecule has 0 bridgehead atoms. The second-order valence-corrected chi connectivity index (χ2v) is 3.82. The molecule has 1 amide bonds. The van der Waals surface area contributed by atoms with Gasteiger partial charge in [-0.15, -0.1) is 0 Å². The normalized spacial score (nSPS) is 10.2. The fraction of sp³-hybridized carbons (Fsp3) is 0.154. The zero-order valence-electron chi connectivity index (χ0n) is 9.68. The molecule has 1 heterocycles. The molecule has 0 aliphatic heterocycles. The van der Waals surface area contributed by atoms with Gasteiger partial charge in [-0.2, -0.15) is 0 Å². The highest BCUT2D eigenvalue weighted by Gasteiger charge is 2.13. The van der Waals surface area contributed by atoms with Gasteiger partial charge >= 0.3 is 0 Å². The minimum atomic E-state index is -0.0454. The first-order valence-corrected chi connectivity index (χ1v) is 5.43. The van der Waals surface area contributed by atoms with Crippen LogP contribution in [0.15, 0.2) is 42.6 Å². The molecule has 3 N–H and O–H groups in total. The van der Waals surface area contributed by atoms with E-state index in [1.54, 1.807) is 30.3 Å². The molecule has 0 atom stereocenters. The number of nitrogens with zero attached hydrogens (tertiary/aromatic N) is 1. The molecule has 17 heavy (non-hydrogen) atoms. The van der Waals surface area contributed by atoms with Gasteiger partial charge in [-0.25, -0.2) is 0 Å². The summed E-state index contributed by atoms with van der Waals surface area (Å²) >= 11 is 0. The number of rotatable bonds is 3. The number of anilines is 1. The Kier molecular flexibility index (Phi) is 3.25. The van der Waals surface area contributed by atoms with Crippen molar-refractivity contribution in [2.45, 2.75) is 6.54 Å². The predicted octanol–water partition coefficient (Wildman–Crippen LogP) is 1.75. The van der Waals surface area contributed by atoms with Crippen molar-refractivity contribution in [3.63, 3.8) is 0 Å². The Hall–Kier alpha value is -2.07. The molecule has 0 unspecified atom stereocenters. The van der Waals surface area contributed by atoms with E-state index in [0.29, 0.717) is 12.1 Å². The molecule has 1 aromatic carbocycles. The van der Waals surface area contributed by atoms with E-state index in [0.717, 1.165) is 11.4 Å². The molecule has 1 aromatic heterocycles. The number of nitrogens with one attached hydrogen (secondary N) is 1. The standard InChI is InChI=1S/C13H15N3O/c1-16(12-3-2-8-15-12)13(17)11-6-4-10(9-14)5-7-11/h2-8,15H,9,14H2,1H3. The first-order valence-electron chi connectivity index (χ1n) is 5.43. The Morgan fingerprint density at radius 2 is 2.00 bits per heavy atom. The summed E-state index contributed by atoms with van der Waals surface area (Å²) in [5, 5.41) is 0. The summed E-state index contributed by atoms with van der Waals surface area (Å²) in [6.07, 6.45) is 1.79. The third-order valence-electron chi connectivity index (χ3n) is 2.68. The largest absolute Gasteiger partial charge is 0.348 e. The van der Waals surface area contributed by atoms with Crippen molar-refractivity contribution in [1.82, 2.24) is 4.98 Å². The molecule has 0 fully saturated rings. The Bertz CT molecular complexity index is 488. The summed E-state index contributed by atoms with van der Waals surface area (Å²) in [5.74, 6) is 0.730. The van der Waals surface area contributed by atoms with Crippen molar-refractivity contribution in [3.8, 4) is 0 Å². The molecule has 0 radical (unpaired) electrons. The van der Waals surface area contributed by atoms with Gasteiger partial charge in [0.15, 0.2) is 0 Å². The SMILES string of the molecule is CN(C(=O)c1ccc(CN)cc1)c1ccc[nH]1. The van der Waals surface area contributed by atoms with Gasteiger partial charge in [-0.3, -0.25) is 9.69 Å². The van der Waals surface area contributed by atoms with Crippen LogP contribution in [0.4, 0.5) is 5.82 Å². The van der Waals surface area contributed by atoms with Gasteiger partial charge in [0.05, 0.1) is 0 Å². The number of aromatic nitrogens is 1. The quantitative estimate of drug-likeness (QED) is 0.842. The molecule has 4 nitrogen and oxygen atoms in total. The van der Waals surface area contributed by atoms with E-state index in [1.165, 1.54) is 0 Å². The summed E-state index contributed by atoms with van der Waals surface area (Å²) in [6, 6.07) is 11.0. The number of hydrogen-bond donors (Lipinski definition) is 2. The number of carbonyl (C=O) groups excluding carboxylic acids is 1. The minimum Gasteiger partial charge on any atom is -0.348 e. The van der Waals surface area contributed by atoms with E-state index < -0.39 is 0 Å². The van der Waals surface area contributed by atoms with Crippen LogP contribution in [0.1, 0.15) is 15.9 Å². The van der Waals surface area contributed by atoms with E-state index in [9.17, 15) is 4.79 Å². The summed E-state index contributed by atoms with van der Waals surface area (Å²) in [4.78, 5) is 16.7. The van der Waals surface area contributed by atoms with Crippen LogP contribution in [0, 0.1) is 0 Å². The van der Waals surface area contributed by atoms with Crippen molar-refractivity contribution < 1.29 is 4.79 Å². The average molecular weight is 229 g/mol. The van der Waals surface area contributed by atoms with Crippen LogP contribution < -0.4 is 10.6 Å². The van der Waals surface area contributed by atoms with Gasteiger partial charge < -0.3 is 10.7 Å². The van der Waals surface area contributed by atoms with Gasteiger partial charge in [-0.05, 0) is 29.8 Å². The number of amides is 1. The smallest absolute Gasteiger partial charge is 0.259 e. The molecule has 2 aromatic rings. The lowest BCUT2D eigenvalue weighted by Gasteiger charge is -2.15. The summed E-state index contributed by atoms with van der Waals surface area (Å²) < 4.78 is 0. The van der Waals surface area contributed by atoms with Crippen molar-refractivity contribution in [2.24, 2.45) is 5.73 Å². The van der Waals surface area contributed by atoms with Crippen LogP contribution in [0.3, 0.4) is 0 Å². The number of nitrogens with two attached hydrogens (primary N) is 1. The molecule has 0 aliphatic rings. The third kappa shape index (κ3) is 2.37. The molecule has 0 saturated heterocycles. The Labute approximate surface area is 100 Å². The minimum absolute atomic E-state index is 0.0454. The zero-order valence-corrected chi connectivity index (χ0v) is 9.68. The number of hydrogen-bond acceptors (Lipinski definition) is 2. The molecule has 0 spiro atoms. The predicted molar refractivity (Wildman–Crippen MR) is 67.9 cm³/mol. The fourth-order valence-corrected chi connectivity index (χ4v) is 1.62. The first kappa shape index (κ1) is 11.4. The van der Waals surface area contributed by atoms with Gasteiger partial charge in [0, 0.05) is 25.4 Å². The van der Waals surface area contributed by atoms with Crippen LogP contribution in [0.5, 0.6) is 0 Å². The Balaban J connectivity index is 2.19. The molecule has 88 valence electrons. The lowest BCUT2D eigenvalue weighted by Crippen LogP contribution is -2.26. The highest BCUT2D eigenvalue weighted by Crippen LogP contribution is 2.13. The maximum atomic E-state index is 12.1. The summed E-state index contributed by atoms with van der Waals surface area (Å²) in [7, 11) is 1.74. The molecular formula is C13H15N3O. The Morgan fingerprint density at radius 1 is 1.29 bits per heavy atom. The van der Waals surface area contributed by atoms with Crippen LogP contribution in [0.25, 0.3) is 0 Å². The van der Waals surface area contributed by atoms with Gasteiger partial charge in [-0.1, -0.05) is 12.1 Å². The second kappa shape index (κ2) is 4.84. The number of H-pyrrole nitrogens is 1. The molecular weight excluding hydrogens is 214 g/mol. The molecule has 0 aliphatic carbocycles. The highest BCUT2D eigenvalue weighted by molar-refractivity contribution is 6.05. The maximum Gasteiger partial charge on any atom is 0.259 e. The van der Waals surface area contributed by atoms with E-state index in [4.69, 9.17) is 5.73 Å². The molecule has 0 saturated carbocycles. The summed E-state index contributed by atoms with van der Waals surface area (Å²) in [5.41, 5.74) is 7.18. The number of aromatic amines is 1. The van der Waals surface area contributed by atoms with E-state index in [2.05, 4.69) is 4.98 Å². The second-order valence-electron chi connectivity index (χ2n) is 3.82. The number of carbonyl (C=O) groups is 1. The van der Waals surface area contributed by atoms with Crippen LogP contribution >= 0.6 is 0 Å². The highest BCUT2D eigenvalue weighted by atomic mass is 16.2. The van der Waals surface area contributed by atoms with Gasteiger partial charge in [0.25, 0.3) is 5.91 Å². The lowest BCUT2D eigenvalue weighted by molar-refractivity contribution is 0.0992. The maximum absolute atomic E-state index is 12.1. The van der Waals surface area contributed by atoms with Crippen molar-refractivity contribution in [1.29, 1.82) is 0 Å². The van der Waals surface area contributed by atoms with E-state index in [-0.39, 0.29) is 5.91 Å². The van der Waals surface area contributed by atoms with Crippen LogP contribution in [0.2, 0.25) is 0 Å². The van der Waals surface area contributed by atoms with Crippen LogP contribution in [-0.4, -0.2) is 17.9 Å². The van der Waals surface area contributed by atoms with Crippen molar-refractivity contribution in [2.75, 3.05) is 11.9 Å². The average Bonchev–Trinajstić information content (AvgIpc) is 2.91. The van der Waals surface area contributed by atoms with Gasteiger partial charge in [0.1, 0.15) is 5.82 Å². The Morgan fingerprint density at radius 3 is 2.53 bits per heavy atom. The fourth-order valence-electron chi connectivity index (χ4n) is 1.62. The lowest BCUT2D eigenvalue weighted by atomic mass is 10.1. The van der Waals surface area contributed by atoms with E-state index >= 15 is 0 Å². The third-order valence-corrected chi connectivity index (χ3v) is 2.68. The van der Waals surface area contributed by atoms with Crippen molar-refractivity contribution >= 4 is 11.7 Å². The molecule has 2 rings (SSSR count). The summed E-state index contributed by atoms with van der Waals surface area (Å²) in [6.45, 7) is 0.487. The first-order chi connectivity index (χ1) is 8.22. The van der Waals surface area contributed by atoms with Gasteiger partial charge in [0.2, 0.25) is 0 Å². The van der Waals surface area contributed by atoms with E-state index in [1.807, 2.05) is 24.3 Å². The topological polar surface area (TPSA) is 62.1 Å². The van der Waals surface area contributed by atoms with Crippen LogP contribution in [-0.2, 0) is 6.54 Å². The van der Waals surface area contributed by atoms with Crippen molar-refractivity contribution in [3.05, 3.63) is 53.7 Å². The monoisotopic (exact) mass is 229 g/mol.